The van der Waals surface area contributed by atoms with E-state index in [1.54, 1.807) is 0 Å². The van der Waals surface area contributed by atoms with Gasteiger partial charge >= 0.3 is 156 Å². The Morgan fingerprint density at radius 2 is 1.46 bits per heavy atom. The summed E-state index contributed by atoms with van der Waals surface area (Å²) in [5.74, 6) is 0.492. The van der Waals surface area contributed by atoms with Gasteiger partial charge < -0.3 is 0 Å². The van der Waals surface area contributed by atoms with E-state index in [0.29, 0.717) is 25.7 Å². The predicted octanol–water partition coefficient (Wildman–Crippen LogP) is 2.35. The molecular formula is C20H20O2Se2. The van der Waals surface area contributed by atoms with E-state index in [0.717, 1.165) is 6.42 Å². The maximum absolute atomic E-state index is 12.5. The van der Waals surface area contributed by atoms with Crippen LogP contribution in [0.3, 0.4) is 0 Å². The van der Waals surface area contributed by atoms with Gasteiger partial charge in [-0.3, -0.25) is 0 Å². The fourth-order valence-electron chi connectivity index (χ4n) is 3.60. The van der Waals surface area contributed by atoms with Gasteiger partial charge in [-0.2, -0.15) is 0 Å². The summed E-state index contributed by atoms with van der Waals surface area (Å²) < 4.78 is 8.66. The minimum atomic E-state index is 0.0598. The van der Waals surface area contributed by atoms with Crippen LogP contribution >= 0.6 is 0 Å². The van der Waals surface area contributed by atoms with Crippen LogP contribution in [0.5, 0.6) is 0 Å². The van der Waals surface area contributed by atoms with E-state index in [2.05, 4.69) is 54.6 Å². The Morgan fingerprint density at radius 3 is 2.12 bits per heavy atom. The topological polar surface area (TPSA) is 26.3 Å². The van der Waals surface area contributed by atoms with Crippen molar-refractivity contribution in [2.75, 3.05) is 0 Å². The van der Waals surface area contributed by atoms with Gasteiger partial charge in [-0.25, -0.2) is 0 Å². The number of hydrogen-bond acceptors (Lipinski definition) is 2. The van der Waals surface area contributed by atoms with Crippen molar-refractivity contribution in [3.63, 3.8) is 0 Å². The van der Waals surface area contributed by atoms with E-state index in [-0.39, 0.29) is 31.8 Å². The molecule has 124 valence electrons. The zero-order valence-corrected chi connectivity index (χ0v) is 16.8. The molecule has 4 atom stereocenters. The molecule has 24 heavy (non-hydrogen) atoms. The van der Waals surface area contributed by atoms with Crippen LogP contribution in [0, 0.1) is 5.92 Å². The maximum atomic E-state index is 12.5. The second-order valence-corrected chi connectivity index (χ2v) is 11.6. The fraction of sp³-hybridized carbons (Fsp3) is 0.350. The van der Waals surface area contributed by atoms with Crippen LogP contribution in [0.15, 0.2) is 60.7 Å². The molecule has 2 fully saturated rings. The van der Waals surface area contributed by atoms with Gasteiger partial charge in [0.15, 0.2) is 0 Å². The Morgan fingerprint density at radius 1 is 0.833 bits per heavy atom. The molecule has 4 rings (SSSR count). The van der Waals surface area contributed by atoms with Crippen LogP contribution in [0.1, 0.15) is 19.3 Å². The van der Waals surface area contributed by atoms with E-state index in [4.69, 9.17) is 4.74 Å². The van der Waals surface area contributed by atoms with E-state index >= 15 is 0 Å². The predicted molar refractivity (Wildman–Crippen MR) is 98.4 cm³/mol. The average Bonchev–Trinajstić information content (AvgIpc) is 2.94. The molecule has 1 heterocycles. The summed E-state index contributed by atoms with van der Waals surface area (Å²) in [4.78, 5) is 13.2. The second kappa shape index (κ2) is 7.45. The second-order valence-electron chi connectivity index (χ2n) is 6.32. The number of hydrogen-bond donors (Lipinski definition) is 0. The zero-order valence-electron chi connectivity index (χ0n) is 13.3. The van der Waals surface area contributed by atoms with Crippen molar-refractivity contribution in [1.82, 2.24) is 0 Å². The first-order chi connectivity index (χ1) is 11.8. The van der Waals surface area contributed by atoms with Crippen molar-refractivity contribution < 1.29 is 9.53 Å². The third-order valence-electron chi connectivity index (χ3n) is 4.72. The standard InChI is InChI=1S/C20H20O2Se2/c21-20-19(24-15-10-5-2-6-11-15)16-12-7-13-17(18(16)22-20)23-14-8-3-1-4-9-14/h1-6,8-11,16-19H,7,12-13H2/t16-,17-,18-,19+/m0/s1. The molecule has 0 spiro atoms. The summed E-state index contributed by atoms with van der Waals surface area (Å²) in [7, 11) is 0. The molecule has 1 aliphatic carbocycles. The summed E-state index contributed by atoms with van der Waals surface area (Å²) in [6.45, 7) is 0. The van der Waals surface area contributed by atoms with Gasteiger partial charge in [-0.05, 0) is 0 Å². The molecule has 0 bridgehead atoms. The van der Waals surface area contributed by atoms with E-state index in [1.807, 2.05) is 6.07 Å². The first kappa shape index (κ1) is 16.4. The third kappa shape index (κ3) is 3.48. The van der Waals surface area contributed by atoms with E-state index in [1.165, 1.54) is 21.8 Å². The number of benzene rings is 2. The van der Waals surface area contributed by atoms with Crippen LogP contribution in [0.4, 0.5) is 0 Å². The van der Waals surface area contributed by atoms with Crippen LogP contribution in [0.2, 0.25) is 9.63 Å². The number of fused-ring (bicyclic) bond motifs is 1. The summed E-state index contributed by atoms with van der Waals surface area (Å²) in [6.07, 6.45) is 3.74. The minimum absolute atomic E-state index is 0.0598. The van der Waals surface area contributed by atoms with Crippen molar-refractivity contribution in [2.45, 2.75) is 35.0 Å². The first-order valence-electron chi connectivity index (χ1n) is 8.45. The van der Waals surface area contributed by atoms with Gasteiger partial charge in [0.05, 0.1) is 0 Å². The monoisotopic (exact) mass is 452 g/mol. The Balaban J connectivity index is 1.49. The van der Waals surface area contributed by atoms with Gasteiger partial charge in [0.2, 0.25) is 0 Å². The number of rotatable bonds is 4. The Kier molecular flexibility index (Phi) is 5.10. The summed E-state index contributed by atoms with van der Waals surface area (Å²) in [6, 6.07) is 21.2. The van der Waals surface area contributed by atoms with Crippen molar-refractivity contribution in [3.8, 4) is 0 Å². The van der Waals surface area contributed by atoms with Crippen LogP contribution in [-0.2, 0) is 9.53 Å². The molecule has 1 aliphatic heterocycles. The molecule has 2 nitrogen and oxygen atoms in total. The Bertz CT molecular complexity index is 689. The average molecular weight is 450 g/mol. The van der Waals surface area contributed by atoms with Crippen molar-refractivity contribution >= 4 is 44.8 Å². The van der Waals surface area contributed by atoms with Crippen LogP contribution in [-0.4, -0.2) is 42.0 Å². The number of carbonyl (C=O) groups excluding carboxylic acids is 1. The molecule has 0 amide bonds. The molecule has 2 aromatic carbocycles. The molecule has 2 aliphatic rings. The fourth-order valence-corrected chi connectivity index (χ4v) is 8.98. The quantitative estimate of drug-likeness (QED) is 0.528. The van der Waals surface area contributed by atoms with Gasteiger partial charge in [-0.1, -0.05) is 0 Å². The Hall–Kier alpha value is -1.05. The van der Waals surface area contributed by atoms with Crippen molar-refractivity contribution in [2.24, 2.45) is 5.92 Å². The van der Waals surface area contributed by atoms with Crippen LogP contribution < -0.4 is 8.92 Å². The normalized spacial score (nSPS) is 29.1. The van der Waals surface area contributed by atoms with Gasteiger partial charge in [0, 0.05) is 0 Å². The zero-order chi connectivity index (χ0) is 16.4. The van der Waals surface area contributed by atoms with E-state index < -0.39 is 0 Å². The van der Waals surface area contributed by atoms with Gasteiger partial charge in [0.1, 0.15) is 0 Å². The molecule has 0 unspecified atom stereocenters. The molecule has 2 aromatic rings. The molecule has 0 radical (unpaired) electrons. The SMILES string of the molecule is O=C1O[C@H]2[C@H](CCC[C@@H]2[Se]c2ccccc2)[C@H]1[Se]c1ccccc1. The molecule has 4 heteroatoms. The Labute approximate surface area is 155 Å². The van der Waals surface area contributed by atoms with E-state index in [9.17, 15) is 4.79 Å². The molecule has 0 N–H and O–H groups in total. The molecule has 0 aromatic heterocycles. The van der Waals surface area contributed by atoms with Crippen molar-refractivity contribution in [1.29, 1.82) is 0 Å². The van der Waals surface area contributed by atoms with Gasteiger partial charge in [0.25, 0.3) is 0 Å². The number of carbonyl (C=O) groups is 1. The van der Waals surface area contributed by atoms with Crippen LogP contribution in [0.25, 0.3) is 0 Å². The third-order valence-corrected chi connectivity index (χ3v) is 10.4. The number of esters is 1. The summed E-state index contributed by atoms with van der Waals surface area (Å²) in [5.41, 5.74) is 0. The van der Waals surface area contributed by atoms with Crippen molar-refractivity contribution in [3.05, 3.63) is 60.7 Å². The summed E-state index contributed by atoms with van der Waals surface area (Å²) >= 11 is 0.568. The van der Waals surface area contributed by atoms with Gasteiger partial charge in [-0.15, -0.1) is 0 Å². The molecule has 1 saturated carbocycles. The number of ether oxygens (including phenoxy) is 1. The molecule has 1 saturated heterocycles. The first-order valence-corrected chi connectivity index (χ1v) is 12.1. The summed E-state index contributed by atoms with van der Waals surface area (Å²) in [5, 5.41) is 0. The molecular weight excluding hydrogens is 430 g/mol.